The van der Waals surface area contributed by atoms with Crippen molar-refractivity contribution in [1.82, 2.24) is 0 Å². The summed E-state index contributed by atoms with van der Waals surface area (Å²) in [6.45, 7) is 4.28. The summed E-state index contributed by atoms with van der Waals surface area (Å²) in [4.78, 5) is 48.2. The maximum atomic E-state index is 12.4. The Balaban J connectivity index is 2.49. The molecule has 1 fully saturated rings. The van der Waals surface area contributed by atoms with Gasteiger partial charge in [0, 0.05) is 0 Å². The number of ketones is 1. The molecule has 0 amide bonds. The highest BCUT2D eigenvalue weighted by atomic mass is 16.6. The van der Waals surface area contributed by atoms with E-state index in [-0.39, 0.29) is 5.57 Å². The molecular formula is C15H18O8. The third-order valence-corrected chi connectivity index (χ3v) is 4.10. The van der Waals surface area contributed by atoms with Crippen LogP contribution in [0.25, 0.3) is 0 Å². The zero-order valence-corrected chi connectivity index (χ0v) is 13.2. The molecule has 0 aromatic carbocycles. The maximum Gasteiger partial charge on any atom is 0.337 e. The number of carbonyl (C=O) groups is 4. The lowest BCUT2D eigenvalue weighted by Crippen LogP contribution is -2.44. The highest BCUT2D eigenvalue weighted by molar-refractivity contribution is 6.04. The van der Waals surface area contributed by atoms with Crippen molar-refractivity contribution in [3.8, 4) is 0 Å². The number of methoxy groups -OCH3 is 1. The van der Waals surface area contributed by atoms with Crippen LogP contribution in [0.5, 0.6) is 0 Å². The fourth-order valence-corrected chi connectivity index (χ4v) is 2.81. The number of cyclic esters (lactones) is 1. The van der Waals surface area contributed by atoms with Crippen molar-refractivity contribution < 1.29 is 38.5 Å². The summed E-state index contributed by atoms with van der Waals surface area (Å²) >= 11 is 0. The number of rotatable bonds is 3. The molecule has 0 aromatic heterocycles. The average Bonchev–Trinajstić information content (AvgIpc) is 2.68. The molecule has 0 unspecified atom stereocenters. The summed E-state index contributed by atoms with van der Waals surface area (Å²) in [7, 11) is 1.12. The van der Waals surface area contributed by atoms with Gasteiger partial charge in [0.1, 0.15) is 17.8 Å². The second-order valence-electron chi connectivity index (χ2n) is 6.03. The molecule has 2 rings (SSSR count). The molecule has 0 bridgehead atoms. The molecule has 1 saturated carbocycles. The van der Waals surface area contributed by atoms with Crippen LogP contribution >= 0.6 is 0 Å². The van der Waals surface area contributed by atoms with E-state index in [2.05, 4.69) is 4.74 Å². The van der Waals surface area contributed by atoms with Gasteiger partial charge in [-0.2, -0.15) is 0 Å². The minimum atomic E-state index is -2.11. The molecule has 8 heteroatoms. The molecule has 0 radical (unpaired) electrons. The summed E-state index contributed by atoms with van der Waals surface area (Å²) in [5.41, 5.74) is -2.25. The number of ether oxygens (including phenoxy) is 3. The molecular weight excluding hydrogens is 308 g/mol. The molecule has 0 aromatic rings. The van der Waals surface area contributed by atoms with Crippen molar-refractivity contribution in [3.05, 3.63) is 11.8 Å². The quantitative estimate of drug-likeness (QED) is 0.557. The Morgan fingerprint density at radius 2 is 1.96 bits per heavy atom. The molecule has 0 saturated heterocycles. The van der Waals surface area contributed by atoms with Gasteiger partial charge >= 0.3 is 17.9 Å². The predicted molar refractivity (Wildman–Crippen MR) is 73.5 cm³/mol. The van der Waals surface area contributed by atoms with E-state index in [1.54, 1.807) is 13.8 Å². The Morgan fingerprint density at radius 3 is 2.48 bits per heavy atom. The highest BCUT2D eigenvalue weighted by Crippen LogP contribution is 2.46. The smallest absolute Gasteiger partial charge is 0.337 e. The van der Waals surface area contributed by atoms with E-state index >= 15 is 0 Å². The molecule has 4 atom stereocenters. The monoisotopic (exact) mass is 326 g/mol. The zero-order valence-electron chi connectivity index (χ0n) is 13.2. The minimum Gasteiger partial charge on any atom is -0.466 e. The SMILES string of the molecule is COC(=O)C1=COC(=O)[C@H]2[C@@H]1[C@H](OC(=O)C(C)C)C(=O)[C@]2(C)O. The van der Waals surface area contributed by atoms with Gasteiger partial charge in [-0.15, -0.1) is 0 Å². The number of carbonyl (C=O) groups excluding carboxylic acids is 4. The van der Waals surface area contributed by atoms with Gasteiger partial charge in [0.2, 0.25) is 5.78 Å². The fourth-order valence-electron chi connectivity index (χ4n) is 2.81. The normalized spacial score (nSPS) is 33.0. The van der Waals surface area contributed by atoms with Gasteiger partial charge < -0.3 is 19.3 Å². The van der Waals surface area contributed by atoms with Crippen molar-refractivity contribution >= 4 is 23.7 Å². The fraction of sp³-hybridized carbons (Fsp3) is 0.600. The van der Waals surface area contributed by atoms with Crippen LogP contribution in [-0.2, 0) is 33.4 Å². The highest BCUT2D eigenvalue weighted by Gasteiger charge is 2.65. The predicted octanol–water partition coefficient (Wildman–Crippen LogP) is -0.266. The maximum absolute atomic E-state index is 12.4. The summed E-state index contributed by atoms with van der Waals surface area (Å²) in [6.07, 6.45) is -0.580. The van der Waals surface area contributed by atoms with Crippen LogP contribution in [0.15, 0.2) is 11.8 Å². The molecule has 0 spiro atoms. The Kier molecular flexibility index (Phi) is 4.30. The molecule has 1 aliphatic heterocycles. The number of hydrogen-bond acceptors (Lipinski definition) is 8. The second-order valence-corrected chi connectivity index (χ2v) is 6.03. The minimum absolute atomic E-state index is 0.134. The van der Waals surface area contributed by atoms with Crippen molar-refractivity contribution in [2.45, 2.75) is 32.5 Å². The van der Waals surface area contributed by atoms with Crippen molar-refractivity contribution in [1.29, 1.82) is 0 Å². The topological polar surface area (TPSA) is 116 Å². The number of aliphatic hydroxyl groups is 1. The van der Waals surface area contributed by atoms with Crippen molar-refractivity contribution in [3.63, 3.8) is 0 Å². The van der Waals surface area contributed by atoms with Crippen molar-refractivity contribution in [2.75, 3.05) is 7.11 Å². The molecule has 2 aliphatic rings. The molecule has 8 nitrogen and oxygen atoms in total. The van der Waals surface area contributed by atoms with Crippen LogP contribution in [0.3, 0.4) is 0 Å². The van der Waals surface area contributed by atoms with Gasteiger partial charge in [-0.25, -0.2) is 4.79 Å². The summed E-state index contributed by atoms with van der Waals surface area (Å²) < 4.78 is 14.5. The first kappa shape index (κ1) is 17.1. The lowest BCUT2D eigenvalue weighted by Gasteiger charge is -2.29. The van der Waals surface area contributed by atoms with Gasteiger partial charge in [-0.1, -0.05) is 13.8 Å². The Bertz CT molecular complexity index is 601. The first-order valence-corrected chi connectivity index (χ1v) is 7.09. The van der Waals surface area contributed by atoms with Gasteiger partial charge in [-0.3, -0.25) is 14.4 Å². The first-order valence-electron chi connectivity index (χ1n) is 7.09. The summed E-state index contributed by atoms with van der Waals surface area (Å²) in [5, 5.41) is 10.4. The largest absolute Gasteiger partial charge is 0.466 e. The van der Waals surface area contributed by atoms with E-state index in [9.17, 15) is 24.3 Å². The number of Topliss-reactive ketones (excluding diaryl/α,β-unsaturated/α-hetero) is 1. The summed E-state index contributed by atoms with van der Waals surface area (Å²) in [6, 6.07) is 0. The van der Waals surface area contributed by atoms with Gasteiger partial charge in [0.25, 0.3) is 0 Å². The standard InChI is InChI=1S/C15H18O8/c1-6(2)12(17)23-10-8-7(13(18)21-4)5-22-14(19)9(8)15(3,20)11(10)16/h5-6,8-10,20H,1-4H3/t8-,9-,10+,15-/m1/s1. The number of fused-ring (bicyclic) bond motifs is 1. The van der Waals surface area contributed by atoms with Gasteiger partial charge in [0.15, 0.2) is 6.10 Å². The van der Waals surface area contributed by atoms with E-state index in [4.69, 9.17) is 9.47 Å². The first-order chi connectivity index (χ1) is 10.6. The van der Waals surface area contributed by atoms with Crippen LogP contribution in [0, 0.1) is 17.8 Å². The Hall–Kier alpha value is -2.22. The van der Waals surface area contributed by atoms with Crippen LogP contribution < -0.4 is 0 Å². The third kappa shape index (κ3) is 2.63. The second kappa shape index (κ2) is 5.77. The number of esters is 3. The van der Waals surface area contributed by atoms with E-state index in [1.807, 2.05) is 0 Å². The van der Waals surface area contributed by atoms with E-state index in [0.717, 1.165) is 20.3 Å². The Labute approximate surface area is 132 Å². The third-order valence-electron chi connectivity index (χ3n) is 4.10. The van der Waals surface area contributed by atoms with Crippen LogP contribution in [-0.4, -0.2) is 47.6 Å². The molecule has 1 heterocycles. The summed E-state index contributed by atoms with van der Waals surface area (Å²) in [5.74, 6) is -6.24. The van der Waals surface area contributed by atoms with E-state index in [1.165, 1.54) is 0 Å². The average molecular weight is 326 g/mol. The lowest BCUT2D eigenvalue weighted by atomic mass is 9.81. The van der Waals surface area contributed by atoms with Gasteiger partial charge in [-0.05, 0) is 6.92 Å². The van der Waals surface area contributed by atoms with E-state index in [0.29, 0.717) is 0 Å². The molecule has 1 aliphatic carbocycles. The lowest BCUT2D eigenvalue weighted by molar-refractivity contribution is -0.161. The van der Waals surface area contributed by atoms with Crippen LogP contribution in [0.1, 0.15) is 20.8 Å². The molecule has 23 heavy (non-hydrogen) atoms. The Morgan fingerprint density at radius 1 is 1.35 bits per heavy atom. The van der Waals surface area contributed by atoms with E-state index < -0.39 is 53.1 Å². The molecule has 1 N–H and O–H groups in total. The van der Waals surface area contributed by atoms with Crippen molar-refractivity contribution in [2.24, 2.45) is 17.8 Å². The van der Waals surface area contributed by atoms with Crippen LogP contribution in [0.2, 0.25) is 0 Å². The molecule has 126 valence electrons. The van der Waals surface area contributed by atoms with Crippen LogP contribution in [0.4, 0.5) is 0 Å². The van der Waals surface area contributed by atoms with Gasteiger partial charge in [0.05, 0.1) is 24.5 Å². The zero-order chi connectivity index (χ0) is 17.5. The number of hydrogen-bond donors (Lipinski definition) is 1.